The SMILES string of the molecule is Cc1cccc(NC(=O)COc2ccc(Cl)cc2CNc2ccc([N+](=O)[O-])cc2)c1. The second-order valence-electron chi connectivity index (χ2n) is 6.62. The van der Waals surface area contributed by atoms with Crippen LogP contribution in [-0.2, 0) is 11.3 Å². The molecule has 0 fully saturated rings. The van der Waals surface area contributed by atoms with Gasteiger partial charge in [-0.15, -0.1) is 0 Å². The molecule has 3 aromatic carbocycles. The van der Waals surface area contributed by atoms with Crippen molar-refractivity contribution in [3.63, 3.8) is 0 Å². The quantitative estimate of drug-likeness (QED) is 0.383. The number of benzene rings is 3. The highest BCUT2D eigenvalue weighted by Crippen LogP contribution is 2.25. The summed E-state index contributed by atoms with van der Waals surface area (Å²) in [6.07, 6.45) is 0. The van der Waals surface area contributed by atoms with Gasteiger partial charge < -0.3 is 15.4 Å². The van der Waals surface area contributed by atoms with E-state index in [2.05, 4.69) is 10.6 Å². The van der Waals surface area contributed by atoms with Gasteiger partial charge in [0.05, 0.1) is 4.92 Å². The Morgan fingerprint density at radius 2 is 1.83 bits per heavy atom. The Hall–Kier alpha value is -3.58. The Morgan fingerprint density at radius 3 is 2.53 bits per heavy atom. The van der Waals surface area contributed by atoms with E-state index in [4.69, 9.17) is 16.3 Å². The lowest BCUT2D eigenvalue weighted by atomic mass is 10.2. The average Bonchev–Trinajstić information content (AvgIpc) is 2.72. The van der Waals surface area contributed by atoms with E-state index in [9.17, 15) is 14.9 Å². The molecule has 7 nitrogen and oxygen atoms in total. The van der Waals surface area contributed by atoms with E-state index in [1.807, 2.05) is 31.2 Å². The summed E-state index contributed by atoms with van der Waals surface area (Å²) < 4.78 is 5.70. The summed E-state index contributed by atoms with van der Waals surface area (Å²) in [7, 11) is 0. The molecule has 0 aliphatic carbocycles. The van der Waals surface area contributed by atoms with Crippen molar-refractivity contribution in [2.24, 2.45) is 0 Å². The number of non-ortho nitro benzene ring substituents is 1. The number of nitro benzene ring substituents is 1. The summed E-state index contributed by atoms with van der Waals surface area (Å²) in [6, 6.07) is 18.7. The Labute approximate surface area is 178 Å². The highest BCUT2D eigenvalue weighted by molar-refractivity contribution is 6.30. The van der Waals surface area contributed by atoms with Crippen LogP contribution in [0.15, 0.2) is 66.7 Å². The zero-order valence-corrected chi connectivity index (χ0v) is 17.0. The maximum Gasteiger partial charge on any atom is 0.269 e. The van der Waals surface area contributed by atoms with Crippen molar-refractivity contribution in [1.29, 1.82) is 0 Å². The predicted molar refractivity (Wildman–Crippen MR) is 117 cm³/mol. The predicted octanol–water partition coefficient (Wildman–Crippen LogP) is 5.19. The lowest BCUT2D eigenvalue weighted by Crippen LogP contribution is -2.20. The number of anilines is 2. The van der Waals surface area contributed by atoms with Crippen LogP contribution in [0.2, 0.25) is 5.02 Å². The summed E-state index contributed by atoms with van der Waals surface area (Å²) >= 11 is 6.10. The van der Waals surface area contributed by atoms with Gasteiger partial charge in [-0.2, -0.15) is 0 Å². The third-order valence-electron chi connectivity index (χ3n) is 4.24. The van der Waals surface area contributed by atoms with Crippen molar-refractivity contribution in [3.05, 3.63) is 93.0 Å². The number of aryl methyl sites for hydroxylation is 1. The topological polar surface area (TPSA) is 93.5 Å². The van der Waals surface area contributed by atoms with Crippen LogP contribution >= 0.6 is 11.6 Å². The molecule has 0 saturated carbocycles. The van der Waals surface area contributed by atoms with Crippen LogP contribution in [0.5, 0.6) is 5.75 Å². The van der Waals surface area contributed by atoms with Crippen molar-refractivity contribution < 1.29 is 14.5 Å². The highest BCUT2D eigenvalue weighted by atomic mass is 35.5. The summed E-state index contributed by atoms with van der Waals surface area (Å²) in [4.78, 5) is 22.5. The van der Waals surface area contributed by atoms with Gasteiger partial charge in [0.1, 0.15) is 5.75 Å². The molecule has 0 aliphatic heterocycles. The highest BCUT2D eigenvalue weighted by Gasteiger charge is 2.10. The molecule has 0 heterocycles. The van der Waals surface area contributed by atoms with Gasteiger partial charge in [0.25, 0.3) is 11.6 Å². The van der Waals surface area contributed by atoms with E-state index in [0.29, 0.717) is 28.7 Å². The fourth-order valence-electron chi connectivity index (χ4n) is 2.79. The first kappa shape index (κ1) is 21.1. The number of nitro groups is 1. The summed E-state index contributed by atoms with van der Waals surface area (Å²) in [5.41, 5.74) is 3.24. The number of halogens is 1. The smallest absolute Gasteiger partial charge is 0.269 e. The third kappa shape index (κ3) is 5.96. The Morgan fingerprint density at radius 1 is 1.07 bits per heavy atom. The maximum atomic E-state index is 12.2. The normalized spacial score (nSPS) is 10.3. The second-order valence-corrected chi connectivity index (χ2v) is 7.05. The minimum absolute atomic E-state index is 0.0203. The molecule has 0 atom stereocenters. The third-order valence-corrected chi connectivity index (χ3v) is 4.48. The Kier molecular flexibility index (Phi) is 6.87. The van der Waals surface area contributed by atoms with Crippen LogP contribution in [0.4, 0.5) is 17.1 Å². The van der Waals surface area contributed by atoms with Gasteiger partial charge in [-0.1, -0.05) is 23.7 Å². The van der Waals surface area contributed by atoms with E-state index in [1.165, 1.54) is 12.1 Å². The Balaban J connectivity index is 1.61. The van der Waals surface area contributed by atoms with Crippen LogP contribution in [0, 0.1) is 17.0 Å². The summed E-state index contributed by atoms with van der Waals surface area (Å²) in [5.74, 6) is 0.248. The molecule has 0 aliphatic rings. The number of carbonyl (C=O) groups is 1. The van der Waals surface area contributed by atoms with Crippen molar-refractivity contribution >= 4 is 34.6 Å². The molecule has 3 rings (SSSR count). The molecule has 2 N–H and O–H groups in total. The standard InChI is InChI=1S/C22H20ClN3O4/c1-15-3-2-4-19(11-15)25-22(27)14-30-21-10-5-17(23)12-16(21)13-24-18-6-8-20(9-7-18)26(28)29/h2-12,24H,13-14H2,1H3,(H,25,27). The molecule has 8 heteroatoms. The number of nitrogens with one attached hydrogen (secondary N) is 2. The fraction of sp³-hybridized carbons (Fsp3) is 0.136. The van der Waals surface area contributed by atoms with E-state index >= 15 is 0 Å². The van der Waals surface area contributed by atoms with E-state index in [1.54, 1.807) is 30.3 Å². The molecular formula is C22H20ClN3O4. The number of nitrogens with zero attached hydrogens (tertiary/aromatic N) is 1. The van der Waals surface area contributed by atoms with Crippen molar-refractivity contribution in [1.82, 2.24) is 0 Å². The molecule has 0 bridgehead atoms. The molecule has 0 spiro atoms. The molecule has 3 aromatic rings. The lowest BCUT2D eigenvalue weighted by molar-refractivity contribution is -0.384. The zero-order chi connectivity index (χ0) is 21.5. The van der Waals surface area contributed by atoms with Crippen LogP contribution in [0.3, 0.4) is 0 Å². The number of rotatable bonds is 8. The van der Waals surface area contributed by atoms with Crippen molar-refractivity contribution in [2.45, 2.75) is 13.5 Å². The molecule has 0 aromatic heterocycles. The number of ether oxygens (including phenoxy) is 1. The molecular weight excluding hydrogens is 406 g/mol. The van der Waals surface area contributed by atoms with Gasteiger partial charge in [-0.25, -0.2) is 0 Å². The molecule has 0 saturated heterocycles. The van der Waals surface area contributed by atoms with Crippen LogP contribution in [-0.4, -0.2) is 17.4 Å². The minimum atomic E-state index is -0.450. The van der Waals surface area contributed by atoms with Gasteiger partial charge in [-0.05, 0) is 55.0 Å². The largest absolute Gasteiger partial charge is 0.483 e. The van der Waals surface area contributed by atoms with E-state index < -0.39 is 4.92 Å². The lowest BCUT2D eigenvalue weighted by Gasteiger charge is -2.13. The van der Waals surface area contributed by atoms with E-state index in [-0.39, 0.29) is 18.2 Å². The van der Waals surface area contributed by atoms with Crippen LogP contribution < -0.4 is 15.4 Å². The van der Waals surface area contributed by atoms with Gasteiger partial charge in [0.15, 0.2) is 6.61 Å². The van der Waals surface area contributed by atoms with Gasteiger partial charge in [0, 0.05) is 40.6 Å². The van der Waals surface area contributed by atoms with Crippen LogP contribution in [0.1, 0.15) is 11.1 Å². The second kappa shape index (κ2) is 9.76. The number of hydrogen-bond acceptors (Lipinski definition) is 5. The molecule has 0 unspecified atom stereocenters. The first-order valence-corrected chi connectivity index (χ1v) is 9.54. The zero-order valence-electron chi connectivity index (χ0n) is 16.2. The van der Waals surface area contributed by atoms with Crippen molar-refractivity contribution in [3.8, 4) is 5.75 Å². The fourth-order valence-corrected chi connectivity index (χ4v) is 2.98. The number of carbonyl (C=O) groups excluding carboxylic acids is 1. The van der Waals surface area contributed by atoms with Crippen LogP contribution in [0.25, 0.3) is 0 Å². The van der Waals surface area contributed by atoms with Crippen molar-refractivity contribution in [2.75, 3.05) is 17.2 Å². The number of hydrogen-bond donors (Lipinski definition) is 2. The minimum Gasteiger partial charge on any atom is -0.483 e. The van der Waals surface area contributed by atoms with E-state index in [0.717, 1.165) is 11.1 Å². The molecule has 30 heavy (non-hydrogen) atoms. The first-order valence-electron chi connectivity index (χ1n) is 9.17. The van der Waals surface area contributed by atoms with Gasteiger partial charge >= 0.3 is 0 Å². The van der Waals surface area contributed by atoms with Gasteiger partial charge in [-0.3, -0.25) is 14.9 Å². The summed E-state index contributed by atoms with van der Waals surface area (Å²) in [5, 5.41) is 17.3. The number of amides is 1. The first-order chi connectivity index (χ1) is 14.4. The monoisotopic (exact) mass is 425 g/mol. The Bertz CT molecular complexity index is 1050. The maximum absolute atomic E-state index is 12.2. The molecule has 1 amide bonds. The molecule has 154 valence electrons. The molecule has 0 radical (unpaired) electrons. The summed E-state index contributed by atoms with van der Waals surface area (Å²) in [6.45, 7) is 2.16. The average molecular weight is 426 g/mol. The van der Waals surface area contributed by atoms with Gasteiger partial charge in [0.2, 0.25) is 0 Å².